The highest BCUT2D eigenvalue weighted by Crippen LogP contribution is 2.24. The molecule has 5 nitrogen and oxygen atoms in total. The molecule has 26 heavy (non-hydrogen) atoms. The second-order valence-corrected chi connectivity index (χ2v) is 6.32. The highest BCUT2D eigenvalue weighted by atomic mass is 16.3. The molecule has 0 unspecified atom stereocenters. The summed E-state index contributed by atoms with van der Waals surface area (Å²) in [6.45, 7) is 3.99. The molecule has 0 aliphatic heterocycles. The average molecular weight is 355 g/mol. The number of amides is 2. The number of benzene rings is 2. The largest absolute Gasteiger partial charge is 0.506 e. The van der Waals surface area contributed by atoms with Crippen LogP contribution in [0.15, 0.2) is 42.5 Å². The summed E-state index contributed by atoms with van der Waals surface area (Å²) < 4.78 is 0. The van der Waals surface area contributed by atoms with Crippen LogP contribution in [0.4, 0.5) is 10.5 Å². The number of rotatable bonds is 9. The number of carbonyl (C=O) groups is 1. The van der Waals surface area contributed by atoms with Crippen molar-refractivity contribution in [3.8, 4) is 5.75 Å². The Labute approximate surface area is 155 Å². The van der Waals surface area contributed by atoms with Gasteiger partial charge in [-0.3, -0.25) is 0 Å². The molecule has 0 bridgehead atoms. The highest BCUT2D eigenvalue weighted by Gasteiger charge is 2.06. The zero-order valence-corrected chi connectivity index (χ0v) is 15.6. The first-order valence-electron chi connectivity index (χ1n) is 9.22. The second kappa shape index (κ2) is 10.5. The summed E-state index contributed by atoms with van der Waals surface area (Å²) in [5.74, 6) is 0.0674. The standard InChI is InChI=1S/C21H29N3O2/c1-3-6-17-7-4-5-8-18(17)12-14-23-13-11-16-9-10-20(25)19(15-16)24-21(26)22-2/h4-5,7-10,15,23,25H,3,6,11-14H2,1-2H3,(H2,22,24,26). The van der Waals surface area contributed by atoms with E-state index in [4.69, 9.17) is 0 Å². The predicted molar refractivity (Wildman–Crippen MR) is 107 cm³/mol. The predicted octanol–water partition coefficient (Wildman–Crippen LogP) is 3.47. The molecule has 0 aliphatic rings. The third-order valence-corrected chi connectivity index (χ3v) is 4.34. The van der Waals surface area contributed by atoms with Crippen LogP contribution in [0.3, 0.4) is 0 Å². The zero-order chi connectivity index (χ0) is 18.8. The van der Waals surface area contributed by atoms with Gasteiger partial charge in [-0.25, -0.2) is 4.79 Å². The molecule has 2 rings (SSSR count). The quantitative estimate of drug-likeness (QED) is 0.411. The fraction of sp³-hybridized carbons (Fsp3) is 0.381. The minimum atomic E-state index is -0.346. The molecule has 0 aromatic heterocycles. The molecule has 140 valence electrons. The van der Waals surface area contributed by atoms with Crippen LogP contribution < -0.4 is 16.0 Å². The molecule has 0 fully saturated rings. The number of anilines is 1. The Balaban J connectivity index is 1.80. The zero-order valence-electron chi connectivity index (χ0n) is 15.6. The number of carbonyl (C=O) groups excluding carboxylic acids is 1. The molecule has 5 heteroatoms. The number of hydrogen-bond donors (Lipinski definition) is 4. The van der Waals surface area contributed by atoms with Crippen LogP contribution in [-0.2, 0) is 19.3 Å². The molecule has 2 amide bonds. The summed E-state index contributed by atoms with van der Waals surface area (Å²) in [4.78, 5) is 11.4. The van der Waals surface area contributed by atoms with Gasteiger partial charge in [0.05, 0.1) is 5.69 Å². The number of aryl methyl sites for hydroxylation is 1. The molecular formula is C21H29N3O2. The van der Waals surface area contributed by atoms with Gasteiger partial charge < -0.3 is 21.1 Å². The molecule has 4 N–H and O–H groups in total. The van der Waals surface area contributed by atoms with Gasteiger partial charge in [-0.2, -0.15) is 0 Å². The van der Waals surface area contributed by atoms with Gasteiger partial charge in [0.2, 0.25) is 0 Å². The van der Waals surface area contributed by atoms with E-state index in [0.29, 0.717) is 5.69 Å². The summed E-state index contributed by atoms with van der Waals surface area (Å²) in [6, 6.07) is 13.6. The van der Waals surface area contributed by atoms with Crippen molar-refractivity contribution >= 4 is 11.7 Å². The molecule has 2 aromatic carbocycles. The third kappa shape index (κ3) is 6.08. The van der Waals surface area contributed by atoms with E-state index in [2.05, 4.69) is 47.1 Å². The Hall–Kier alpha value is -2.53. The minimum Gasteiger partial charge on any atom is -0.506 e. The Bertz CT molecular complexity index is 716. The summed E-state index contributed by atoms with van der Waals surface area (Å²) in [5.41, 5.74) is 4.35. The Morgan fingerprint density at radius 3 is 2.38 bits per heavy atom. The van der Waals surface area contributed by atoms with Gasteiger partial charge in [-0.15, -0.1) is 0 Å². The van der Waals surface area contributed by atoms with Crippen LogP contribution >= 0.6 is 0 Å². The molecule has 0 heterocycles. The van der Waals surface area contributed by atoms with E-state index in [9.17, 15) is 9.90 Å². The molecule has 0 saturated heterocycles. The highest BCUT2D eigenvalue weighted by molar-refractivity contribution is 5.90. The number of nitrogens with one attached hydrogen (secondary N) is 3. The van der Waals surface area contributed by atoms with Gasteiger partial charge in [0.15, 0.2) is 0 Å². The maximum Gasteiger partial charge on any atom is 0.319 e. The van der Waals surface area contributed by atoms with Crippen molar-refractivity contribution in [2.75, 3.05) is 25.5 Å². The molecule has 0 radical (unpaired) electrons. The number of phenolic OH excluding ortho intramolecular Hbond substituents is 1. The van der Waals surface area contributed by atoms with Gasteiger partial charge in [0, 0.05) is 7.05 Å². The molecule has 0 aliphatic carbocycles. The third-order valence-electron chi connectivity index (χ3n) is 4.34. The van der Waals surface area contributed by atoms with Crippen molar-refractivity contribution in [2.24, 2.45) is 0 Å². The van der Waals surface area contributed by atoms with Gasteiger partial charge in [0.25, 0.3) is 0 Å². The lowest BCUT2D eigenvalue weighted by molar-refractivity contribution is 0.254. The Morgan fingerprint density at radius 1 is 1.00 bits per heavy atom. The maximum atomic E-state index is 11.4. The van der Waals surface area contributed by atoms with Crippen molar-refractivity contribution in [1.82, 2.24) is 10.6 Å². The van der Waals surface area contributed by atoms with Crippen LogP contribution in [0.2, 0.25) is 0 Å². The molecule has 2 aromatic rings. The average Bonchev–Trinajstić information content (AvgIpc) is 2.65. The monoisotopic (exact) mass is 355 g/mol. The van der Waals surface area contributed by atoms with E-state index in [1.54, 1.807) is 13.1 Å². The van der Waals surface area contributed by atoms with E-state index >= 15 is 0 Å². The topological polar surface area (TPSA) is 73.4 Å². The minimum absolute atomic E-state index is 0.0674. The van der Waals surface area contributed by atoms with E-state index in [0.717, 1.165) is 44.3 Å². The summed E-state index contributed by atoms with van der Waals surface area (Å²) in [5, 5.41) is 18.4. The summed E-state index contributed by atoms with van der Waals surface area (Å²) >= 11 is 0. The normalized spacial score (nSPS) is 10.5. The Kier molecular flexibility index (Phi) is 7.96. The van der Waals surface area contributed by atoms with Crippen molar-refractivity contribution in [2.45, 2.75) is 32.6 Å². The van der Waals surface area contributed by atoms with Gasteiger partial charge in [-0.05, 0) is 61.2 Å². The molecule has 0 saturated carbocycles. The summed E-state index contributed by atoms with van der Waals surface area (Å²) in [6.07, 6.45) is 4.15. The van der Waals surface area contributed by atoms with Crippen molar-refractivity contribution in [3.05, 3.63) is 59.2 Å². The fourth-order valence-electron chi connectivity index (χ4n) is 2.92. The lowest BCUT2D eigenvalue weighted by Crippen LogP contribution is -2.24. The van der Waals surface area contributed by atoms with Gasteiger partial charge in [0.1, 0.15) is 5.75 Å². The van der Waals surface area contributed by atoms with E-state index < -0.39 is 0 Å². The van der Waals surface area contributed by atoms with E-state index in [1.807, 2.05) is 12.1 Å². The van der Waals surface area contributed by atoms with Crippen LogP contribution in [0.25, 0.3) is 0 Å². The van der Waals surface area contributed by atoms with Gasteiger partial charge in [-0.1, -0.05) is 43.7 Å². The first kappa shape index (κ1) is 19.8. The smallest absolute Gasteiger partial charge is 0.319 e. The van der Waals surface area contributed by atoms with Crippen molar-refractivity contribution in [3.63, 3.8) is 0 Å². The van der Waals surface area contributed by atoms with Crippen molar-refractivity contribution in [1.29, 1.82) is 0 Å². The number of aromatic hydroxyl groups is 1. The van der Waals surface area contributed by atoms with Crippen LogP contribution in [0.5, 0.6) is 5.75 Å². The second-order valence-electron chi connectivity index (χ2n) is 6.32. The maximum absolute atomic E-state index is 11.4. The molecule has 0 atom stereocenters. The van der Waals surface area contributed by atoms with Crippen LogP contribution in [-0.4, -0.2) is 31.3 Å². The first-order valence-corrected chi connectivity index (χ1v) is 9.22. The molecular weight excluding hydrogens is 326 g/mol. The molecule has 0 spiro atoms. The fourth-order valence-corrected chi connectivity index (χ4v) is 2.92. The lowest BCUT2D eigenvalue weighted by atomic mass is 10.0. The number of hydrogen-bond acceptors (Lipinski definition) is 3. The van der Waals surface area contributed by atoms with Crippen molar-refractivity contribution < 1.29 is 9.90 Å². The van der Waals surface area contributed by atoms with E-state index in [-0.39, 0.29) is 11.8 Å². The number of phenols is 1. The summed E-state index contributed by atoms with van der Waals surface area (Å²) in [7, 11) is 1.54. The Morgan fingerprint density at radius 2 is 1.69 bits per heavy atom. The van der Waals surface area contributed by atoms with Gasteiger partial charge >= 0.3 is 6.03 Å². The van der Waals surface area contributed by atoms with E-state index in [1.165, 1.54) is 11.1 Å². The number of urea groups is 1. The SMILES string of the molecule is CCCc1ccccc1CCNCCc1ccc(O)c(NC(=O)NC)c1. The van der Waals surface area contributed by atoms with Crippen LogP contribution in [0.1, 0.15) is 30.0 Å². The first-order chi connectivity index (χ1) is 12.6. The van der Waals surface area contributed by atoms with Crippen LogP contribution in [0, 0.1) is 0 Å². The lowest BCUT2D eigenvalue weighted by Gasteiger charge is -2.11.